The molecular formula is C13H16N2O3S. The lowest BCUT2D eigenvalue weighted by molar-refractivity contribution is -0.116. The van der Waals surface area contributed by atoms with Gasteiger partial charge in [0.25, 0.3) is 5.91 Å². The molecule has 1 aromatic rings. The van der Waals surface area contributed by atoms with E-state index in [1.165, 1.54) is 11.3 Å². The van der Waals surface area contributed by atoms with Gasteiger partial charge in [0.1, 0.15) is 5.00 Å². The number of hydrogen-bond donors (Lipinski definition) is 2. The summed E-state index contributed by atoms with van der Waals surface area (Å²) >= 11 is 1.41. The first kappa shape index (κ1) is 12.6. The van der Waals surface area contributed by atoms with Crippen molar-refractivity contribution < 1.29 is 14.3 Å². The maximum atomic E-state index is 11.9. The average Bonchev–Trinajstić information content (AvgIpc) is 3.08. The molecule has 3 rings (SSSR count). The number of hydrogen-bond acceptors (Lipinski definition) is 4. The summed E-state index contributed by atoms with van der Waals surface area (Å²) in [5.41, 5.74) is 6.88. The summed E-state index contributed by atoms with van der Waals surface area (Å²) in [5.74, 6) is 0.0283. The molecule has 1 aromatic heterocycles. The summed E-state index contributed by atoms with van der Waals surface area (Å²) in [4.78, 5) is 24.5. The molecule has 5 nitrogen and oxygen atoms in total. The van der Waals surface area contributed by atoms with Gasteiger partial charge in [-0.2, -0.15) is 0 Å². The summed E-state index contributed by atoms with van der Waals surface area (Å²) < 4.78 is 5.37. The third-order valence-corrected chi connectivity index (χ3v) is 4.61. The van der Waals surface area contributed by atoms with Crippen molar-refractivity contribution in [2.45, 2.75) is 32.3 Å². The molecule has 0 unspecified atom stereocenters. The van der Waals surface area contributed by atoms with Crippen molar-refractivity contribution in [3.05, 3.63) is 16.0 Å². The van der Waals surface area contributed by atoms with E-state index in [4.69, 9.17) is 10.5 Å². The molecule has 102 valence electrons. The smallest absolute Gasteiger partial charge is 0.251 e. The van der Waals surface area contributed by atoms with Crippen LogP contribution in [0.2, 0.25) is 0 Å². The largest absolute Gasteiger partial charge is 0.376 e. The van der Waals surface area contributed by atoms with Gasteiger partial charge >= 0.3 is 0 Å². The fourth-order valence-electron chi connectivity index (χ4n) is 2.34. The number of amides is 2. The molecule has 1 aliphatic carbocycles. The Bertz CT molecular complexity index is 534. The fourth-order valence-corrected chi connectivity index (χ4v) is 3.55. The van der Waals surface area contributed by atoms with Gasteiger partial charge in [-0.15, -0.1) is 11.3 Å². The van der Waals surface area contributed by atoms with Crippen LogP contribution in [-0.4, -0.2) is 18.4 Å². The summed E-state index contributed by atoms with van der Waals surface area (Å²) in [5, 5.41) is 3.43. The van der Waals surface area contributed by atoms with Crippen LogP contribution in [0.4, 0.5) is 5.00 Å². The number of ether oxygens (including phenoxy) is 1. The summed E-state index contributed by atoms with van der Waals surface area (Å²) in [6.07, 6.45) is 3.48. The van der Waals surface area contributed by atoms with Crippen LogP contribution in [-0.2, 0) is 22.6 Å². The van der Waals surface area contributed by atoms with Gasteiger partial charge in [-0.05, 0) is 30.7 Å². The van der Waals surface area contributed by atoms with Crippen LogP contribution < -0.4 is 11.1 Å². The van der Waals surface area contributed by atoms with Gasteiger partial charge in [-0.25, -0.2) is 0 Å². The summed E-state index contributed by atoms with van der Waals surface area (Å²) in [6, 6.07) is 0. The predicted molar refractivity (Wildman–Crippen MR) is 72.2 cm³/mol. The number of nitrogens with two attached hydrogens (primary N) is 1. The Balaban J connectivity index is 1.84. The molecule has 0 aromatic carbocycles. The molecule has 1 fully saturated rings. The predicted octanol–water partition coefficient (Wildman–Crippen LogP) is 1.66. The molecule has 0 spiro atoms. The minimum Gasteiger partial charge on any atom is -0.376 e. The van der Waals surface area contributed by atoms with E-state index in [0.29, 0.717) is 42.5 Å². The highest BCUT2D eigenvalue weighted by Gasteiger charge is 2.28. The summed E-state index contributed by atoms with van der Waals surface area (Å²) in [6.45, 7) is 1.10. The molecular weight excluding hydrogens is 264 g/mol. The minimum atomic E-state index is -0.471. The second-order valence-corrected chi connectivity index (χ2v) is 6.18. The molecule has 19 heavy (non-hydrogen) atoms. The van der Waals surface area contributed by atoms with Crippen LogP contribution in [0.25, 0.3) is 0 Å². The second-order valence-electron chi connectivity index (χ2n) is 5.07. The molecule has 0 saturated heterocycles. The van der Waals surface area contributed by atoms with Crippen LogP contribution in [0.15, 0.2) is 0 Å². The quantitative estimate of drug-likeness (QED) is 0.880. The second kappa shape index (κ2) is 4.94. The molecule has 1 saturated carbocycles. The molecule has 0 bridgehead atoms. The minimum absolute atomic E-state index is 0.0236. The number of carbonyl (C=O) groups is 2. The summed E-state index contributed by atoms with van der Waals surface area (Å²) in [7, 11) is 0. The van der Waals surface area contributed by atoms with Gasteiger partial charge in [-0.1, -0.05) is 0 Å². The van der Waals surface area contributed by atoms with E-state index in [1.807, 2.05) is 0 Å². The van der Waals surface area contributed by atoms with Gasteiger partial charge < -0.3 is 15.8 Å². The lowest BCUT2D eigenvalue weighted by Gasteiger charge is -2.12. The van der Waals surface area contributed by atoms with Gasteiger partial charge in [0, 0.05) is 11.3 Å². The third-order valence-electron chi connectivity index (χ3n) is 3.49. The van der Waals surface area contributed by atoms with Crippen molar-refractivity contribution in [3.63, 3.8) is 0 Å². The van der Waals surface area contributed by atoms with E-state index in [1.54, 1.807) is 0 Å². The Morgan fingerprint density at radius 1 is 1.42 bits per heavy atom. The van der Waals surface area contributed by atoms with E-state index < -0.39 is 5.91 Å². The Hall–Kier alpha value is -1.40. The average molecular weight is 280 g/mol. The van der Waals surface area contributed by atoms with E-state index in [0.717, 1.165) is 23.3 Å². The standard InChI is InChI=1S/C13H16N2O3S/c14-12(17)11-8-3-4-18-6-9(8)19-13(11)15-10(16)5-7-1-2-7/h7H,1-6H2,(H2,14,17)(H,15,16). The molecule has 0 radical (unpaired) electrons. The zero-order valence-electron chi connectivity index (χ0n) is 10.5. The molecule has 1 aliphatic heterocycles. The van der Waals surface area contributed by atoms with E-state index >= 15 is 0 Å². The van der Waals surface area contributed by atoms with Crippen LogP contribution in [0.3, 0.4) is 0 Å². The normalized spacial score (nSPS) is 17.9. The zero-order valence-corrected chi connectivity index (χ0v) is 11.3. The number of primary amides is 1. The lowest BCUT2D eigenvalue weighted by Crippen LogP contribution is -2.19. The highest BCUT2D eigenvalue weighted by atomic mass is 32.1. The van der Waals surface area contributed by atoms with Crippen molar-refractivity contribution in [1.29, 1.82) is 0 Å². The highest BCUT2D eigenvalue weighted by molar-refractivity contribution is 7.17. The van der Waals surface area contributed by atoms with Crippen LogP contribution in [0.1, 0.15) is 40.1 Å². The maximum Gasteiger partial charge on any atom is 0.251 e. The van der Waals surface area contributed by atoms with Crippen molar-refractivity contribution >= 4 is 28.2 Å². The third kappa shape index (κ3) is 2.64. The van der Waals surface area contributed by atoms with Crippen LogP contribution in [0, 0.1) is 5.92 Å². The number of carbonyl (C=O) groups excluding carboxylic acids is 2. The Labute approximate surface area is 115 Å². The van der Waals surface area contributed by atoms with Gasteiger partial charge in [0.15, 0.2) is 0 Å². The van der Waals surface area contributed by atoms with Crippen molar-refractivity contribution in [3.8, 4) is 0 Å². The van der Waals surface area contributed by atoms with Crippen molar-refractivity contribution in [1.82, 2.24) is 0 Å². The maximum absolute atomic E-state index is 11.9. The number of thiophene rings is 1. The van der Waals surface area contributed by atoms with E-state index in [9.17, 15) is 9.59 Å². The molecule has 2 amide bonds. The topological polar surface area (TPSA) is 81.4 Å². The van der Waals surface area contributed by atoms with Crippen LogP contribution >= 0.6 is 11.3 Å². The zero-order chi connectivity index (χ0) is 13.4. The molecule has 2 heterocycles. The lowest BCUT2D eigenvalue weighted by atomic mass is 10.1. The van der Waals surface area contributed by atoms with E-state index in [2.05, 4.69) is 5.32 Å². The number of rotatable bonds is 4. The first-order chi connectivity index (χ1) is 9.15. The van der Waals surface area contributed by atoms with Gasteiger partial charge in [0.05, 0.1) is 18.8 Å². The van der Waals surface area contributed by atoms with Gasteiger partial charge in [-0.3, -0.25) is 9.59 Å². The SMILES string of the molecule is NC(=O)c1c(NC(=O)CC2CC2)sc2c1CCOC2. The van der Waals surface area contributed by atoms with Crippen molar-refractivity contribution in [2.24, 2.45) is 11.7 Å². The number of anilines is 1. The molecule has 6 heteroatoms. The number of fused-ring (bicyclic) bond motifs is 1. The van der Waals surface area contributed by atoms with Crippen LogP contribution in [0.5, 0.6) is 0 Å². The van der Waals surface area contributed by atoms with Crippen molar-refractivity contribution in [2.75, 3.05) is 11.9 Å². The number of nitrogens with one attached hydrogen (secondary N) is 1. The van der Waals surface area contributed by atoms with E-state index in [-0.39, 0.29) is 5.91 Å². The molecule has 3 N–H and O–H groups in total. The monoisotopic (exact) mass is 280 g/mol. The first-order valence-corrected chi connectivity index (χ1v) is 7.28. The fraction of sp³-hybridized carbons (Fsp3) is 0.538. The highest BCUT2D eigenvalue weighted by Crippen LogP contribution is 2.37. The Morgan fingerprint density at radius 2 is 2.21 bits per heavy atom. The first-order valence-electron chi connectivity index (χ1n) is 6.47. The Morgan fingerprint density at radius 3 is 2.89 bits per heavy atom. The molecule has 0 atom stereocenters. The molecule has 2 aliphatic rings. The van der Waals surface area contributed by atoms with Gasteiger partial charge in [0.2, 0.25) is 5.91 Å². The Kier molecular flexibility index (Phi) is 3.28.